The first-order valence-electron chi connectivity index (χ1n) is 6.81. The molecule has 1 fully saturated rings. The van der Waals surface area contributed by atoms with E-state index in [0.717, 1.165) is 23.1 Å². The molecule has 1 aliphatic rings. The molecule has 0 atom stereocenters. The highest BCUT2D eigenvalue weighted by Crippen LogP contribution is 2.35. The van der Waals surface area contributed by atoms with Crippen LogP contribution in [0.4, 0.5) is 0 Å². The summed E-state index contributed by atoms with van der Waals surface area (Å²) in [5.41, 5.74) is 2.52. The highest BCUT2D eigenvalue weighted by atomic mass is 16.5. The normalized spacial score (nSPS) is 16.4. The van der Waals surface area contributed by atoms with Crippen molar-refractivity contribution in [1.29, 1.82) is 0 Å². The first kappa shape index (κ1) is 13.1. The number of carbonyl (C=O) groups excluding carboxylic acids is 1. The molecule has 5 heteroatoms. The zero-order chi connectivity index (χ0) is 14.3. The molecule has 1 saturated carbocycles. The zero-order valence-electron chi connectivity index (χ0n) is 12.1. The molecular weight excluding hydrogens is 254 g/mol. The topological polar surface area (TPSA) is 56.1 Å². The molecule has 0 amide bonds. The highest BCUT2D eigenvalue weighted by molar-refractivity contribution is 5.91. The van der Waals surface area contributed by atoms with Gasteiger partial charge in [0.25, 0.3) is 0 Å². The predicted octanol–water partition coefficient (Wildman–Crippen LogP) is 2.00. The van der Waals surface area contributed by atoms with Gasteiger partial charge in [-0.15, -0.1) is 0 Å². The number of hydrogen-bond acceptors (Lipinski definition) is 4. The van der Waals surface area contributed by atoms with Crippen molar-refractivity contribution in [3.05, 3.63) is 29.6 Å². The Hall–Kier alpha value is -1.88. The van der Waals surface area contributed by atoms with Crippen LogP contribution in [-0.2, 0) is 18.3 Å². The van der Waals surface area contributed by atoms with Crippen LogP contribution in [0.3, 0.4) is 0 Å². The average molecular weight is 273 g/mol. The van der Waals surface area contributed by atoms with Gasteiger partial charge in [-0.3, -0.25) is 0 Å². The molecule has 0 spiro atoms. The Morgan fingerprint density at radius 2 is 2.30 bits per heavy atom. The second-order valence-corrected chi connectivity index (χ2v) is 5.74. The number of ether oxygens (including phenoxy) is 1. The fourth-order valence-corrected chi connectivity index (χ4v) is 2.33. The van der Waals surface area contributed by atoms with E-state index < -0.39 is 5.97 Å². The lowest BCUT2D eigenvalue weighted by Gasteiger charge is -2.13. The molecular formula is C15H19N3O2. The summed E-state index contributed by atoms with van der Waals surface area (Å²) >= 11 is 0. The van der Waals surface area contributed by atoms with Gasteiger partial charge in [-0.25, -0.2) is 9.78 Å². The monoisotopic (exact) mass is 273 g/mol. The van der Waals surface area contributed by atoms with Crippen molar-refractivity contribution in [2.75, 3.05) is 7.11 Å². The summed E-state index contributed by atoms with van der Waals surface area (Å²) in [5, 5.41) is 4.63. The van der Waals surface area contributed by atoms with Gasteiger partial charge in [0.1, 0.15) is 5.65 Å². The number of hydrogen-bond donors (Lipinski definition) is 1. The summed E-state index contributed by atoms with van der Waals surface area (Å²) < 4.78 is 6.70. The lowest BCUT2D eigenvalue weighted by molar-refractivity contribution is 0.0594. The number of nitrogens with zero attached hydrogens (tertiary/aromatic N) is 2. The molecule has 0 bridgehead atoms. The highest BCUT2D eigenvalue weighted by Gasteiger charge is 2.36. The lowest BCUT2D eigenvalue weighted by Crippen LogP contribution is -2.27. The summed E-state index contributed by atoms with van der Waals surface area (Å²) in [7, 11) is 3.30. The van der Waals surface area contributed by atoms with E-state index >= 15 is 0 Å². The Bertz CT molecular complexity index is 671. The van der Waals surface area contributed by atoms with Crippen molar-refractivity contribution in [2.24, 2.45) is 7.05 Å². The Labute approximate surface area is 117 Å². The number of pyridine rings is 1. The maximum absolute atomic E-state index is 11.7. The zero-order valence-corrected chi connectivity index (χ0v) is 12.1. The number of rotatable bonds is 4. The Kier molecular flexibility index (Phi) is 3.01. The van der Waals surface area contributed by atoms with Gasteiger partial charge in [-0.2, -0.15) is 0 Å². The summed E-state index contributed by atoms with van der Waals surface area (Å²) in [6.07, 6.45) is 4.38. The molecule has 2 aromatic heterocycles. The molecule has 0 saturated heterocycles. The van der Waals surface area contributed by atoms with Crippen LogP contribution in [0.15, 0.2) is 18.3 Å². The maximum atomic E-state index is 11.7. The fraction of sp³-hybridized carbons (Fsp3) is 0.467. The van der Waals surface area contributed by atoms with Crippen LogP contribution in [0.1, 0.15) is 35.8 Å². The number of methoxy groups -OCH3 is 1. The number of carbonyl (C=O) groups is 1. The number of aromatic nitrogens is 2. The fourth-order valence-electron chi connectivity index (χ4n) is 2.33. The van der Waals surface area contributed by atoms with Gasteiger partial charge in [0, 0.05) is 30.7 Å². The van der Waals surface area contributed by atoms with Crippen LogP contribution < -0.4 is 5.32 Å². The Morgan fingerprint density at radius 3 is 2.95 bits per heavy atom. The Morgan fingerprint density at radius 1 is 1.55 bits per heavy atom. The third-order valence-electron chi connectivity index (χ3n) is 4.02. The minimum atomic E-state index is -0.396. The van der Waals surface area contributed by atoms with E-state index in [0.29, 0.717) is 5.69 Å². The molecule has 1 aliphatic carbocycles. The third kappa shape index (κ3) is 2.29. The predicted molar refractivity (Wildman–Crippen MR) is 76.5 cm³/mol. The van der Waals surface area contributed by atoms with Crippen LogP contribution in [0.2, 0.25) is 0 Å². The van der Waals surface area contributed by atoms with Gasteiger partial charge in [-0.1, -0.05) is 0 Å². The van der Waals surface area contributed by atoms with Crippen molar-refractivity contribution in [1.82, 2.24) is 14.9 Å². The van der Waals surface area contributed by atoms with Crippen LogP contribution in [0.25, 0.3) is 11.0 Å². The smallest absolute Gasteiger partial charge is 0.356 e. The van der Waals surface area contributed by atoms with Crippen molar-refractivity contribution in [3.63, 3.8) is 0 Å². The number of esters is 1. The van der Waals surface area contributed by atoms with Crippen molar-refractivity contribution < 1.29 is 9.53 Å². The second kappa shape index (κ2) is 4.59. The van der Waals surface area contributed by atoms with Gasteiger partial charge in [-0.05, 0) is 37.5 Å². The van der Waals surface area contributed by atoms with Crippen LogP contribution in [-0.4, -0.2) is 28.2 Å². The maximum Gasteiger partial charge on any atom is 0.356 e. The minimum Gasteiger partial charge on any atom is -0.464 e. The van der Waals surface area contributed by atoms with E-state index in [9.17, 15) is 4.79 Å². The average Bonchev–Trinajstić information content (AvgIpc) is 3.08. The molecule has 0 aromatic carbocycles. The van der Waals surface area contributed by atoms with Crippen LogP contribution >= 0.6 is 0 Å². The van der Waals surface area contributed by atoms with Crippen LogP contribution in [0.5, 0.6) is 0 Å². The summed E-state index contributed by atoms with van der Waals surface area (Å²) in [6, 6.07) is 3.86. The quantitative estimate of drug-likeness (QED) is 0.866. The Balaban J connectivity index is 2.01. The van der Waals surface area contributed by atoms with E-state index in [4.69, 9.17) is 4.74 Å². The van der Waals surface area contributed by atoms with Gasteiger partial charge in [0.2, 0.25) is 0 Å². The van der Waals surface area contributed by atoms with E-state index in [2.05, 4.69) is 17.2 Å². The second-order valence-electron chi connectivity index (χ2n) is 5.74. The molecule has 2 heterocycles. The molecule has 106 valence electrons. The lowest BCUT2D eigenvalue weighted by atomic mass is 10.1. The van der Waals surface area contributed by atoms with Crippen molar-refractivity contribution >= 4 is 17.0 Å². The number of aryl methyl sites for hydroxylation is 1. The van der Waals surface area contributed by atoms with Gasteiger partial charge < -0.3 is 14.6 Å². The van der Waals surface area contributed by atoms with Crippen molar-refractivity contribution in [3.8, 4) is 0 Å². The van der Waals surface area contributed by atoms with Crippen LogP contribution in [0, 0.1) is 0 Å². The third-order valence-corrected chi connectivity index (χ3v) is 4.02. The van der Waals surface area contributed by atoms with Gasteiger partial charge in [0.05, 0.1) is 7.11 Å². The molecule has 3 rings (SSSR count). The summed E-state index contributed by atoms with van der Waals surface area (Å²) in [5.74, 6) is -0.396. The van der Waals surface area contributed by atoms with Crippen molar-refractivity contribution in [2.45, 2.75) is 31.8 Å². The molecule has 0 radical (unpaired) electrons. The van der Waals surface area contributed by atoms with E-state index in [1.807, 2.05) is 29.9 Å². The molecule has 20 heavy (non-hydrogen) atoms. The standard InChI is InChI=1S/C15H19N3O2/c1-15(5-6-15)16-9-10-8-12(14(19)20-3)17-13-11(10)4-7-18(13)2/h4,7-8,16H,5-6,9H2,1-3H3. The van der Waals surface area contributed by atoms with E-state index in [1.165, 1.54) is 20.0 Å². The number of fused-ring (bicyclic) bond motifs is 1. The van der Waals surface area contributed by atoms with E-state index in [1.54, 1.807) is 0 Å². The van der Waals surface area contributed by atoms with E-state index in [-0.39, 0.29) is 5.54 Å². The molecule has 0 aliphatic heterocycles. The largest absolute Gasteiger partial charge is 0.464 e. The first-order valence-corrected chi connectivity index (χ1v) is 6.81. The minimum absolute atomic E-state index is 0.260. The SMILES string of the molecule is COC(=O)c1cc(CNC2(C)CC2)c2ccn(C)c2n1. The molecule has 5 nitrogen and oxygen atoms in total. The first-order chi connectivity index (χ1) is 9.52. The van der Waals surface area contributed by atoms with Gasteiger partial charge >= 0.3 is 5.97 Å². The number of nitrogens with one attached hydrogen (secondary N) is 1. The molecule has 2 aromatic rings. The van der Waals surface area contributed by atoms with Gasteiger partial charge in [0.15, 0.2) is 5.69 Å². The summed E-state index contributed by atoms with van der Waals surface area (Å²) in [6.45, 7) is 2.96. The molecule has 1 N–H and O–H groups in total. The summed E-state index contributed by atoms with van der Waals surface area (Å²) in [4.78, 5) is 16.1. The molecule has 0 unspecified atom stereocenters.